The molecule has 1 aromatic carbocycles. The van der Waals surface area contributed by atoms with Gasteiger partial charge in [0.1, 0.15) is 5.65 Å². The van der Waals surface area contributed by atoms with Gasteiger partial charge in [0, 0.05) is 56.1 Å². The molecule has 0 bridgehead atoms. The standard InChI is InChI=1S/C22H27N5S.HI/c1-23-22(24-12-10-19-16-26-13-6-5-9-21(26)25-19)27-14-11-18(15-27)17-28-20-7-3-2-4-8-20;/h2-9,13,16,18H,10-12,14-15,17H2,1H3,(H,23,24);1H. The normalized spacial score (nSPS) is 16.8. The highest BCUT2D eigenvalue weighted by Gasteiger charge is 2.24. The number of guanidine groups is 1. The van der Waals surface area contributed by atoms with Crippen LogP contribution in [-0.2, 0) is 6.42 Å². The van der Waals surface area contributed by atoms with Crippen molar-refractivity contribution in [3.63, 3.8) is 0 Å². The predicted octanol–water partition coefficient (Wildman–Crippen LogP) is 4.18. The first-order chi connectivity index (χ1) is 13.8. The second-order valence-electron chi connectivity index (χ2n) is 7.15. The number of halogens is 1. The van der Waals surface area contributed by atoms with Crippen LogP contribution < -0.4 is 5.32 Å². The van der Waals surface area contributed by atoms with Gasteiger partial charge in [-0.05, 0) is 36.6 Å². The average molecular weight is 521 g/mol. The lowest BCUT2D eigenvalue weighted by atomic mass is 10.2. The van der Waals surface area contributed by atoms with Crippen molar-refractivity contribution in [2.24, 2.45) is 10.9 Å². The highest BCUT2D eigenvalue weighted by atomic mass is 127. The first-order valence-corrected chi connectivity index (χ1v) is 10.9. The van der Waals surface area contributed by atoms with Crippen molar-refractivity contribution in [3.8, 4) is 0 Å². The molecule has 154 valence electrons. The molecule has 1 aliphatic heterocycles. The zero-order chi connectivity index (χ0) is 19.2. The minimum absolute atomic E-state index is 0. The molecule has 1 N–H and O–H groups in total. The lowest BCUT2D eigenvalue weighted by molar-refractivity contribution is 0.475. The van der Waals surface area contributed by atoms with E-state index < -0.39 is 0 Å². The highest BCUT2D eigenvalue weighted by molar-refractivity contribution is 14.0. The van der Waals surface area contributed by atoms with Crippen LogP contribution in [0.3, 0.4) is 0 Å². The predicted molar refractivity (Wildman–Crippen MR) is 133 cm³/mol. The number of thioether (sulfide) groups is 1. The van der Waals surface area contributed by atoms with E-state index in [2.05, 4.69) is 61.1 Å². The number of imidazole rings is 1. The third-order valence-electron chi connectivity index (χ3n) is 5.10. The molecule has 3 heterocycles. The molecule has 1 atom stereocenters. The summed E-state index contributed by atoms with van der Waals surface area (Å²) in [6.07, 6.45) is 6.26. The SMILES string of the molecule is CN=C(NCCc1cn2ccccc2n1)N1CCC(CSc2ccccc2)C1.I. The third-order valence-corrected chi connectivity index (χ3v) is 6.35. The largest absolute Gasteiger partial charge is 0.356 e. The molecule has 0 radical (unpaired) electrons. The average Bonchev–Trinajstić information content (AvgIpc) is 3.37. The van der Waals surface area contributed by atoms with Crippen molar-refractivity contribution < 1.29 is 0 Å². The molecule has 5 nitrogen and oxygen atoms in total. The number of aliphatic imine (C=N–C) groups is 1. The van der Waals surface area contributed by atoms with Crippen LogP contribution in [0.1, 0.15) is 12.1 Å². The van der Waals surface area contributed by atoms with E-state index in [1.165, 1.54) is 17.1 Å². The van der Waals surface area contributed by atoms with Crippen LogP contribution in [0.25, 0.3) is 5.65 Å². The van der Waals surface area contributed by atoms with E-state index in [-0.39, 0.29) is 24.0 Å². The Balaban J connectivity index is 0.00000240. The van der Waals surface area contributed by atoms with Crippen molar-refractivity contribution in [3.05, 3.63) is 66.6 Å². The molecule has 1 fully saturated rings. The maximum atomic E-state index is 4.66. The first kappa shape index (κ1) is 22.0. The zero-order valence-corrected chi connectivity index (χ0v) is 19.8. The Morgan fingerprint density at radius 2 is 2.03 bits per heavy atom. The number of nitrogens with one attached hydrogen (secondary N) is 1. The van der Waals surface area contributed by atoms with Gasteiger partial charge in [0.15, 0.2) is 5.96 Å². The molecule has 0 saturated carbocycles. The van der Waals surface area contributed by atoms with Gasteiger partial charge in [0.05, 0.1) is 5.69 Å². The Hall–Kier alpha value is -1.74. The van der Waals surface area contributed by atoms with E-state index in [1.54, 1.807) is 0 Å². The van der Waals surface area contributed by atoms with Gasteiger partial charge in [-0.3, -0.25) is 4.99 Å². The van der Waals surface area contributed by atoms with Crippen LogP contribution in [0.2, 0.25) is 0 Å². The van der Waals surface area contributed by atoms with Gasteiger partial charge in [0.2, 0.25) is 0 Å². The molecule has 4 rings (SSSR count). The lowest BCUT2D eigenvalue weighted by Gasteiger charge is -2.21. The summed E-state index contributed by atoms with van der Waals surface area (Å²) in [7, 11) is 1.87. The smallest absolute Gasteiger partial charge is 0.193 e. The van der Waals surface area contributed by atoms with Crippen molar-refractivity contribution >= 4 is 47.3 Å². The summed E-state index contributed by atoms with van der Waals surface area (Å²) in [6, 6.07) is 16.8. The number of pyridine rings is 1. The van der Waals surface area contributed by atoms with Gasteiger partial charge in [-0.2, -0.15) is 0 Å². The van der Waals surface area contributed by atoms with Crippen molar-refractivity contribution in [2.75, 3.05) is 32.4 Å². The summed E-state index contributed by atoms with van der Waals surface area (Å²) in [5.41, 5.74) is 2.10. The van der Waals surface area contributed by atoms with Crippen LogP contribution in [0.4, 0.5) is 0 Å². The van der Waals surface area contributed by atoms with Gasteiger partial charge < -0.3 is 14.6 Å². The third kappa shape index (κ3) is 5.88. The number of aromatic nitrogens is 2. The molecular formula is C22H28IN5S. The summed E-state index contributed by atoms with van der Waals surface area (Å²) in [5.74, 6) is 2.89. The summed E-state index contributed by atoms with van der Waals surface area (Å²) < 4.78 is 2.07. The van der Waals surface area contributed by atoms with Gasteiger partial charge >= 0.3 is 0 Å². The fourth-order valence-corrected chi connectivity index (χ4v) is 4.68. The highest BCUT2D eigenvalue weighted by Crippen LogP contribution is 2.25. The van der Waals surface area contributed by atoms with E-state index >= 15 is 0 Å². The quantitative estimate of drug-likeness (QED) is 0.229. The minimum atomic E-state index is 0. The molecule has 29 heavy (non-hydrogen) atoms. The molecule has 0 amide bonds. The van der Waals surface area contributed by atoms with Gasteiger partial charge in [-0.1, -0.05) is 24.3 Å². The zero-order valence-electron chi connectivity index (χ0n) is 16.7. The molecule has 3 aromatic rings. The molecule has 1 saturated heterocycles. The Bertz CT molecular complexity index is 894. The minimum Gasteiger partial charge on any atom is -0.356 e. The number of fused-ring (bicyclic) bond motifs is 1. The van der Waals surface area contributed by atoms with Crippen LogP contribution in [-0.4, -0.2) is 52.7 Å². The fourth-order valence-electron chi connectivity index (χ4n) is 3.63. The molecule has 0 spiro atoms. The van der Waals surface area contributed by atoms with E-state index in [9.17, 15) is 0 Å². The lowest BCUT2D eigenvalue weighted by Crippen LogP contribution is -2.41. The Labute approximate surface area is 194 Å². The van der Waals surface area contributed by atoms with Crippen molar-refractivity contribution in [1.29, 1.82) is 0 Å². The maximum absolute atomic E-state index is 4.66. The van der Waals surface area contributed by atoms with Crippen LogP contribution in [0.5, 0.6) is 0 Å². The summed E-state index contributed by atoms with van der Waals surface area (Å²) in [6.45, 7) is 3.00. The first-order valence-electron chi connectivity index (χ1n) is 9.88. The maximum Gasteiger partial charge on any atom is 0.193 e. The number of rotatable bonds is 6. The van der Waals surface area contributed by atoms with Crippen LogP contribution in [0, 0.1) is 5.92 Å². The number of hydrogen-bond acceptors (Lipinski definition) is 3. The van der Waals surface area contributed by atoms with Gasteiger partial charge in [-0.15, -0.1) is 35.7 Å². The van der Waals surface area contributed by atoms with E-state index in [4.69, 9.17) is 0 Å². The molecule has 7 heteroatoms. The molecule has 1 aliphatic rings. The Morgan fingerprint density at radius 3 is 2.83 bits per heavy atom. The Kier molecular flexibility index (Phi) is 8.23. The van der Waals surface area contributed by atoms with Crippen LogP contribution >= 0.6 is 35.7 Å². The van der Waals surface area contributed by atoms with Crippen LogP contribution in [0.15, 0.2) is 70.8 Å². The number of benzene rings is 1. The molecule has 0 aliphatic carbocycles. The van der Waals surface area contributed by atoms with E-state index in [0.29, 0.717) is 5.92 Å². The Morgan fingerprint density at radius 1 is 1.21 bits per heavy atom. The second-order valence-corrected chi connectivity index (χ2v) is 8.24. The summed E-state index contributed by atoms with van der Waals surface area (Å²) in [4.78, 5) is 12.9. The summed E-state index contributed by atoms with van der Waals surface area (Å²) in [5, 5.41) is 3.52. The van der Waals surface area contributed by atoms with Crippen molar-refractivity contribution in [2.45, 2.75) is 17.7 Å². The molecular weight excluding hydrogens is 493 g/mol. The number of hydrogen-bond donors (Lipinski definition) is 1. The van der Waals surface area contributed by atoms with E-state index in [0.717, 1.165) is 43.4 Å². The monoisotopic (exact) mass is 521 g/mol. The van der Waals surface area contributed by atoms with Gasteiger partial charge in [0.25, 0.3) is 0 Å². The number of nitrogens with zero attached hydrogens (tertiary/aromatic N) is 4. The molecule has 1 unspecified atom stereocenters. The molecule has 2 aromatic heterocycles. The summed E-state index contributed by atoms with van der Waals surface area (Å²) >= 11 is 1.96. The van der Waals surface area contributed by atoms with Gasteiger partial charge in [-0.25, -0.2) is 4.98 Å². The number of likely N-dealkylation sites (tertiary alicyclic amines) is 1. The second kappa shape index (κ2) is 10.9. The fraction of sp³-hybridized carbons (Fsp3) is 0.364. The topological polar surface area (TPSA) is 44.9 Å². The van der Waals surface area contributed by atoms with E-state index in [1.807, 2.05) is 43.2 Å². The van der Waals surface area contributed by atoms with Crippen molar-refractivity contribution in [1.82, 2.24) is 19.6 Å².